The number of hydrogen-bond acceptors (Lipinski definition) is 1. The Morgan fingerprint density at radius 3 is 2.85 bits per heavy atom. The molecular weight excluding hydrogens is 160 g/mol. The standard InChI is InChI=1S/C12H12O/c1-9(2)4-3-5-10-6-7-11-12(8-10)13-11/h6-9H,4H2,1-2H3. The number of ether oxygens (including phenoxy) is 1. The third-order valence-electron chi connectivity index (χ3n) is 1.86. The Labute approximate surface area is 78.7 Å². The topological polar surface area (TPSA) is 12.5 Å². The van der Waals surface area contributed by atoms with E-state index in [4.69, 9.17) is 4.74 Å². The predicted molar refractivity (Wildman–Crippen MR) is 52.8 cm³/mol. The second-order valence-electron chi connectivity index (χ2n) is 3.66. The van der Waals surface area contributed by atoms with E-state index in [0.717, 1.165) is 23.5 Å². The normalized spacial score (nSPS) is 11.3. The summed E-state index contributed by atoms with van der Waals surface area (Å²) in [5.74, 6) is 8.89. The Hall–Kier alpha value is -1.42. The molecule has 1 heterocycles. The van der Waals surface area contributed by atoms with Gasteiger partial charge in [0, 0.05) is 18.1 Å². The molecule has 0 bridgehead atoms. The molecule has 1 aromatic carbocycles. The van der Waals surface area contributed by atoms with Gasteiger partial charge < -0.3 is 4.74 Å². The van der Waals surface area contributed by atoms with Crippen molar-refractivity contribution in [3.8, 4) is 23.3 Å². The van der Waals surface area contributed by atoms with E-state index in [1.165, 1.54) is 0 Å². The van der Waals surface area contributed by atoms with E-state index in [9.17, 15) is 0 Å². The third kappa shape index (κ3) is 2.03. The Bertz CT molecular complexity index is 380. The lowest BCUT2D eigenvalue weighted by atomic mass is 10.1. The van der Waals surface area contributed by atoms with Gasteiger partial charge in [-0.3, -0.25) is 0 Å². The summed E-state index contributed by atoms with van der Waals surface area (Å²) >= 11 is 0. The van der Waals surface area contributed by atoms with Crippen molar-refractivity contribution in [1.82, 2.24) is 0 Å². The highest BCUT2D eigenvalue weighted by Gasteiger charge is 2.18. The van der Waals surface area contributed by atoms with Crippen molar-refractivity contribution in [3.05, 3.63) is 23.8 Å². The highest BCUT2D eigenvalue weighted by molar-refractivity contribution is 5.58. The fourth-order valence-electron chi connectivity index (χ4n) is 1.10. The second kappa shape index (κ2) is 3.14. The molecule has 13 heavy (non-hydrogen) atoms. The van der Waals surface area contributed by atoms with Gasteiger partial charge in [-0.2, -0.15) is 0 Å². The molecule has 1 nitrogen and oxygen atoms in total. The fraction of sp³-hybridized carbons (Fsp3) is 0.333. The zero-order valence-electron chi connectivity index (χ0n) is 7.92. The number of rotatable bonds is 1. The highest BCUT2D eigenvalue weighted by Crippen LogP contribution is 2.44. The van der Waals surface area contributed by atoms with E-state index in [1.54, 1.807) is 0 Å². The molecule has 66 valence electrons. The van der Waals surface area contributed by atoms with E-state index in [2.05, 4.69) is 25.7 Å². The van der Waals surface area contributed by atoms with Gasteiger partial charge in [0.15, 0.2) is 11.5 Å². The molecule has 1 aliphatic heterocycles. The molecule has 1 aliphatic rings. The number of hydrogen-bond donors (Lipinski definition) is 0. The highest BCUT2D eigenvalue weighted by atomic mass is 16.6. The van der Waals surface area contributed by atoms with Crippen LogP contribution in [-0.4, -0.2) is 0 Å². The molecule has 1 aromatic rings. The molecule has 0 amide bonds. The summed E-state index contributed by atoms with van der Waals surface area (Å²) in [4.78, 5) is 0. The second-order valence-corrected chi connectivity index (χ2v) is 3.66. The van der Waals surface area contributed by atoms with Gasteiger partial charge in [0.25, 0.3) is 0 Å². The van der Waals surface area contributed by atoms with Gasteiger partial charge in [-0.25, -0.2) is 0 Å². The minimum atomic E-state index is 0.646. The zero-order valence-corrected chi connectivity index (χ0v) is 7.92. The third-order valence-corrected chi connectivity index (χ3v) is 1.86. The number of fused-ring (bicyclic) bond motifs is 1. The molecule has 0 saturated heterocycles. The van der Waals surface area contributed by atoms with Gasteiger partial charge in [-0.15, -0.1) is 0 Å². The van der Waals surface area contributed by atoms with Crippen LogP contribution in [0.4, 0.5) is 0 Å². The maximum absolute atomic E-state index is 5.14. The van der Waals surface area contributed by atoms with Crippen LogP contribution in [0.1, 0.15) is 25.8 Å². The maximum atomic E-state index is 5.14. The first-order valence-electron chi connectivity index (χ1n) is 4.56. The molecule has 0 spiro atoms. The van der Waals surface area contributed by atoms with E-state index >= 15 is 0 Å². The molecule has 0 unspecified atom stereocenters. The van der Waals surface area contributed by atoms with E-state index < -0.39 is 0 Å². The van der Waals surface area contributed by atoms with Crippen LogP contribution in [0.3, 0.4) is 0 Å². The molecule has 0 aromatic heterocycles. The van der Waals surface area contributed by atoms with Gasteiger partial charge in [-0.05, 0) is 18.1 Å². The van der Waals surface area contributed by atoms with Crippen LogP contribution >= 0.6 is 0 Å². The minimum Gasteiger partial charge on any atom is -0.449 e. The molecule has 0 fully saturated rings. The van der Waals surface area contributed by atoms with Crippen molar-refractivity contribution in [2.24, 2.45) is 5.92 Å². The minimum absolute atomic E-state index is 0.646. The van der Waals surface area contributed by atoms with Crippen molar-refractivity contribution in [2.45, 2.75) is 20.3 Å². The van der Waals surface area contributed by atoms with Crippen molar-refractivity contribution < 1.29 is 4.74 Å². The smallest absolute Gasteiger partial charge is 0.171 e. The van der Waals surface area contributed by atoms with Crippen LogP contribution in [0, 0.1) is 17.8 Å². The maximum Gasteiger partial charge on any atom is 0.171 e. The summed E-state index contributed by atoms with van der Waals surface area (Å²) in [6.45, 7) is 4.34. The average molecular weight is 172 g/mol. The molecule has 0 radical (unpaired) electrons. The Morgan fingerprint density at radius 1 is 1.31 bits per heavy atom. The van der Waals surface area contributed by atoms with Gasteiger partial charge in [0.05, 0.1) is 0 Å². The summed E-state index contributed by atoms with van der Waals surface area (Å²) in [6.07, 6.45) is 0.956. The predicted octanol–water partition coefficient (Wildman–Crippen LogP) is 3.19. The van der Waals surface area contributed by atoms with Crippen LogP contribution in [0.5, 0.6) is 11.5 Å². The molecule has 1 heteroatoms. The summed E-state index contributed by atoms with van der Waals surface area (Å²) in [7, 11) is 0. The summed E-state index contributed by atoms with van der Waals surface area (Å²) in [5, 5.41) is 0. The van der Waals surface area contributed by atoms with Gasteiger partial charge >= 0.3 is 0 Å². The monoisotopic (exact) mass is 172 g/mol. The largest absolute Gasteiger partial charge is 0.449 e. The van der Waals surface area contributed by atoms with Crippen LogP contribution in [0.25, 0.3) is 0 Å². The lowest BCUT2D eigenvalue weighted by Gasteiger charge is -1.92. The van der Waals surface area contributed by atoms with Gasteiger partial charge in [0.1, 0.15) is 0 Å². The lowest BCUT2D eigenvalue weighted by molar-refractivity contribution is 0.649. The van der Waals surface area contributed by atoms with Crippen LogP contribution < -0.4 is 4.74 Å². The first kappa shape index (κ1) is 8.19. The van der Waals surface area contributed by atoms with Crippen LogP contribution in [0.2, 0.25) is 0 Å². The van der Waals surface area contributed by atoms with Crippen LogP contribution in [-0.2, 0) is 0 Å². The summed E-state index contributed by atoms with van der Waals surface area (Å²) in [6, 6.07) is 5.95. The van der Waals surface area contributed by atoms with Crippen LogP contribution in [0.15, 0.2) is 18.2 Å². The summed E-state index contributed by atoms with van der Waals surface area (Å²) in [5.41, 5.74) is 1.05. The molecule has 0 saturated carbocycles. The van der Waals surface area contributed by atoms with E-state index in [-0.39, 0.29) is 0 Å². The van der Waals surface area contributed by atoms with Gasteiger partial charge in [0.2, 0.25) is 0 Å². The first-order valence-corrected chi connectivity index (χ1v) is 4.56. The molecule has 0 aliphatic carbocycles. The number of benzene rings is 1. The van der Waals surface area contributed by atoms with Gasteiger partial charge in [-0.1, -0.05) is 25.7 Å². The van der Waals surface area contributed by atoms with E-state index in [1.807, 2.05) is 18.2 Å². The SMILES string of the molecule is CC(C)CC#Cc1ccc2c(c1)O2. The Morgan fingerprint density at radius 2 is 2.15 bits per heavy atom. The summed E-state index contributed by atoms with van der Waals surface area (Å²) < 4.78 is 5.14. The fourth-order valence-corrected chi connectivity index (χ4v) is 1.10. The zero-order chi connectivity index (χ0) is 9.26. The van der Waals surface area contributed by atoms with Crippen molar-refractivity contribution in [3.63, 3.8) is 0 Å². The Kier molecular flexibility index (Phi) is 1.98. The average Bonchev–Trinajstić information content (AvgIpc) is 2.81. The van der Waals surface area contributed by atoms with Crippen molar-refractivity contribution in [1.29, 1.82) is 0 Å². The molecule has 0 N–H and O–H groups in total. The van der Waals surface area contributed by atoms with Crippen molar-refractivity contribution in [2.75, 3.05) is 0 Å². The molecule has 2 rings (SSSR count). The molecule has 0 atom stereocenters. The Balaban J connectivity index is 2.05. The van der Waals surface area contributed by atoms with Crippen molar-refractivity contribution >= 4 is 0 Å². The first-order chi connectivity index (χ1) is 6.25. The quantitative estimate of drug-likeness (QED) is 0.475. The molecular formula is C12H12O. The lowest BCUT2D eigenvalue weighted by Crippen LogP contribution is -1.81. The van der Waals surface area contributed by atoms with E-state index in [0.29, 0.717) is 5.92 Å².